The summed E-state index contributed by atoms with van der Waals surface area (Å²) < 4.78 is 15.7. The van der Waals surface area contributed by atoms with Gasteiger partial charge in [-0.15, -0.1) is 0 Å². The highest BCUT2D eigenvalue weighted by Crippen LogP contribution is 2.32. The molecular weight excluding hydrogens is 501 g/mol. The van der Waals surface area contributed by atoms with Crippen LogP contribution < -0.4 is 4.90 Å². The summed E-state index contributed by atoms with van der Waals surface area (Å²) in [6.45, 7) is 15.4. The summed E-state index contributed by atoms with van der Waals surface area (Å²) >= 11 is 6.44. The Morgan fingerprint density at radius 1 is 1.03 bits per heavy atom. The molecule has 3 aromatic rings. The maximum absolute atomic E-state index is 13.8. The van der Waals surface area contributed by atoms with E-state index in [2.05, 4.69) is 44.4 Å². The van der Waals surface area contributed by atoms with Crippen LogP contribution in [0, 0.1) is 11.7 Å². The van der Waals surface area contributed by atoms with E-state index in [1.165, 1.54) is 12.1 Å². The van der Waals surface area contributed by atoms with E-state index in [1.54, 1.807) is 24.3 Å². The molecule has 2 heterocycles. The molecule has 1 saturated heterocycles. The Hall–Kier alpha value is -2.90. The van der Waals surface area contributed by atoms with Crippen LogP contribution >= 0.6 is 11.6 Å². The molecule has 0 radical (unpaired) electrons. The van der Waals surface area contributed by atoms with E-state index < -0.39 is 0 Å². The number of carbonyl (C=O) groups excluding carboxylic acids is 1. The maximum Gasteiger partial charge on any atom is 0.255 e. The molecule has 0 aliphatic carbocycles. The lowest BCUT2D eigenvalue weighted by atomic mass is 10.1. The van der Waals surface area contributed by atoms with Gasteiger partial charge in [-0.1, -0.05) is 44.5 Å². The van der Waals surface area contributed by atoms with Gasteiger partial charge in [-0.2, -0.15) is 5.10 Å². The van der Waals surface area contributed by atoms with Gasteiger partial charge in [-0.25, -0.2) is 9.07 Å². The van der Waals surface area contributed by atoms with Crippen LogP contribution in [0.15, 0.2) is 48.5 Å². The van der Waals surface area contributed by atoms with E-state index in [0.717, 1.165) is 55.4 Å². The topological polar surface area (TPSA) is 44.6 Å². The zero-order chi connectivity index (χ0) is 27.4. The molecule has 0 saturated carbocycles. The number of hydrogen-bond donors (Lipinski definition) is 0. The molecule has 38 heavy (non-hydrogen) atoms. The van der Waals surface area contributed by atoms with Crippen LogP contribution in [0.3, 0.4) is 0 Å². The van der Waals surface area contributed by atoms with Crippen LogP contribution in [0.1, 0.15) is 56.2 Å². The van der Waals surface area contributed by atoms with E-state index in [-0.39, 0.29) is 17.6 Å². The summed E-state index contributed by atoms with van der Waals surface area (Å²) in [4.78, 5) is 20.5. The number of benzene rings is 2. The minimum atomic E-state index is -0.280. The number of amides is 1. The smallest absolute Gasteiger partial charge is 0.255 e. The van der Waals surface area contributed by atoms with Crippen molar-refractivity contribution in [3.05, 3.63) is 76.2 Å². The fraction of sp³-hybridized carbons (Fsp3) is 0.467. The minimum Gasteiger partial charge on any atom is -0.354 e. The van der Waals surface area contributed by atoms with Gasteiger partial charge in [0.05, 0.1) is 28.5 Å². The Balaban J connectivity index is 1.79. The number of piperazine rings is 1. The molecule has 204 valence electrons. The second kappa shape index (κ2) is 12.3. The van der Waals surface area contributed by atoms with E-state index in [0.29, 0.717) is 29.7 Å². The number of hydrogen-bond acceptors (Lipinski definition) is 4. The predicted molar refractivity (Wildman–Crippen MR) is 153 cm³/mol. The summed E-state index contributed by atoms with van der Waals surface area (Å²) in [7, 11) is 0. The first kappa shape index (κ1) is 28.1. The van der Waals surface area contributed by atoms with Crippen molar-refractivity contribution < 1.29 is 9.18 Å². The summed E-state index contributed by atoms with van der Waals surface area (Å²) in [5.74, 6) is 0.892. The molecule has 0 unspecified atom stereocenters. The standard InChI is InChI=1S/C30H39ClFN5O/c1-6-28-26(20-36(19-21(2)3)30(38)25-9-7-8-10-27(25)31)29(35-17-15-34(16-18-35)22(4)5)37(33-28)24-13-11-23(32)12-14-24/h7-14,21-22H,6,15-20H2,1-5H3. The molecule has 1 amide bonds. The maximum atomic E-state index is 13.8. The zero-order valence-electron chi connectivity index (χ0n) is 23.1. The van der Waals surface area contributed by atoms with E-state index in [4.69, 9.17) is 16.7 Å². The quantitative estimate of drug-likeness (QED) is 0.332. The molecule has 6 nitrogen and oxygen atoms in total. The van der Waals surface area contributed by atoms with Crippen molar-refractivity contribution in [1.82, 2.24) is 19.6 Å². The van der Waals surface area contributed by atoms with Gasteiger partial charge >= 0.3 is 0 Å². The van der Waals surface area contributed by atoms with Crippen molar-refractivity contribution in [3.8, 4) is 5.69 Å². The van der Waals surface area contributed by atoms with Gasteiger partial charge in [0.2, 0.25) is 0 Å². The number of carbonyl (C=O) groups is 1. The molecule has 2 aromatic carbocycles. The first-order valence-corrected chi connectivity index (χ1v) is 14.0. The van der Waals surface area contributed by atoms with Gasteiger partial charge in [0, 0.05) is 44.3 Å². The first-order valence-electron chi connectivity index (χ1n) is 13.6. The van der Waals surface area contributed by atoms with Crippen LogP contribution in [-0.2, 0) is 13.0 Å². The van der Waals surface area contributed by atoms with Gasteiger partial charge < -0.3 is 9.80 Å². The second-order valence-electron chi connectivity index (χ2n) is 10.7. The van der Waals surface area contributed by atoms with Crippen LogP contribution in [0.25, 0.3) is 5.69 Å². The second-order valence-corrected chi connectivity index (χ2v) is 11.1. The Kier molecular flexibility index (Phi) is 9.11. The van der Waals surface area contributed by atoms with Crippen LogP contribution in [-0.4, -0.2) is 64.3 Å². The number of halogens is 2. The Labute approximate surface area is 231 Å². The summed E-state index contributed by atoms with van der Waals surface area (Å²) in [6.07, 6.45) is 0.721. The largest absolute Gasteiger partial charge is 0.354 e. The number of aryl methyl sites for hydroxylation is 1. The molecule has 4 rings (SSSR count). The zero-order valence-corrected chi connectivity index (χ0v) is 23.9. The normalized spacial score (nSPS) is 14.5. The van der Waals surface area contributed by atoms with Gasteiger partial charge in [-0.3, -0.25) is 9.69 Å². The third kappa shape index (κ3) is 6.21. The van der Waals surface area contributed by atoms with E-state index in [9.17, 15) is 9.18 Å². The van der Waals surface area contributed by atoms with Crippen molar-refractivity contribution in [3.63, 3.8) is 0 Å². The van der Waals surface area contributed by atoms with Gasteiger partial charge in [0.25, 0.3) is 5.91 Å². The SMILES string of the molecule is CCc1nn(-c2ccc(F)cc2)c(N2CCN(C(C)C)CC2)c1CN(CC(C)C)C(=O)c1ccccc1Cl. The average molecular weight is 540 g/mol. The fourth-order valence-corrected chi connectivity index (χ4v) is 5.34. The Morgan fingerprint density at radius 2 is 1.68 bits per heavy atom. The third-order valence-corrected chi connectivity index (χ3v) is 7.45. The van der Waals surface area contributed by atoms with Crippen LogP contribution in [0.4, 0.5) is 10.2 Å². The number of anilines is 1. The molecule has 1 aliphatic rings. The van der Waals surface area contributed by atoms with Crippen molar-refractivity contribution in [1.29, 1.82) is 0 Å². The lowest BCUT2D eigenvalue weighted by molar-refractivity contribution is 0.0722. The summed E-state index contributed by atoms with van der Waals surface area (Å²) in [5, 5.41) is 5.47. The van der Waals surface area contributed by atoms with Crippen molar-refractivity contribution in [2.75, 3.05) is 37.6 Å². The van der Waals surface area contributed by atoms with E-state index >= 15 is 0 Å². The van der Waals surface area contributed by atoms with Gasteiger partial charge in [0.15, 0.2) is 0 Å². The molecule has 0 bridgehead atoms. The molecule has 1 fully saturated rings. The molecule has 0 spiro atoms. The van der Waals surface area contributed by atoms with E-state index in [1.807, 2.05) is 21.7 Å². The van der Waals surface area contributed by atoms with Crippen molar-refractivity contribution >= 4 is 23.3 Å². The predicted octanol–water partition coefficient (Wildman–Crippen LogP) is 6.06. The Morgan fingerprint density at radius 3 is 2.26 bits per heavy atom. The minimum absolute atomic E-state index is 0.0866. The lowest BCUT2D eigenvalue weighted by Crippen LogP contribution is -2.49. The highest BCUT2D eigenvalue weighted by atomic mass is 35.5. The molecule has 1 aliphatic heterocycles. The van der Waals surface area contributed by atoms with Crippen LogP contribution in [0.5, 0.6) is 0 Å². The third-order valence-electron chi connectivity index (χ3n) is 7.12. The highest BCUT2D eigenvalue weighted by Gasteiger charge is 2.30. The number of nitrogens with zero attached hydrogens (tertiary/aromatic N) is 5. The monoisotopic (exact) mass is 539 g/mol. The average Bonchev–Trinajstić information content (AvgIpc) is 3.26. The van der Waals surface area contributed by atoms with Gasteiger partial charge in [0.1, 0.15) is 11.6 Å². The number of aromatic nitrogens is 2. The van der Waals surface area contributed by atoms with Crippen molar-refractivity contribution in [2.45, 2.75) is 53.6 Å². The molecule has 1 aromatic heterocycles. The Bertz CT molecular complexity index is 1230. The first-order chi connectivity index (χ1) is 18.2. The summed E-state index contributed by atoms with van der Waals surface area (Å²) in [5.41, 5.74) is 3.29. The summed E-state index contributed by atoms with van der Waals surface area (Å²) in [6, 6.07) is 14.2. The highest BCUT2D eigenvalue weighted by molar-refractivity contribution is 6.33. The molecular formula is C30H39ClFN5O. The van der Waals surface area contributed by atoms with Crippen LogP contribution in [0.2, 0.25) is 5.02 Å². The lowest BCUT2D eigenvalue weighted by Gasteiger charge is -2.38. The van der Waals surface area contributed by atoms with Crippen molar-refractivity contribution in [2.24, 2.45) is 5.92 Å². The fourth-order valence-electron chi connectivity index (χ4n) is 5.12. The molecule has 0 atom stereocenters. The van der Waals surface area contributed by atoms with Gasteiger partial charge in [-0.05, 0) is 62.6 Å². The molecule has 0 N–H and O–H groups in total. The number of rotatable bonds is 9. The molecule has 8 heteroatoms.